The predicted octanol–water partition coefficient (Wildman–Crippen LogP) is 3.08. The van der Waals surface area contributed by atoms with Crippen molar-refractivity contribution in [3.05, 3.63) is 63.7 Å². The van der Waals surface area contributed by atoms with E-state index in [1.807, 2.05) is 12.1 Å². The highest BCUT2D eigenvalue weighted by molar-refractivity contribution is 9.10. The molecule has 106 valence electrons. The first-order valence-electron chi connectivity index (χ1n) is 6.14. The quantitative estimate of drug-likeness (QED) is 0.776. The number of imidazole rings is 1. The van der Waals surface area contributed by atoms with Gasteiger partial charge >= 0.3 is 0 Å². The fourth-order valence-electron chi connectivity index (χ4n) is 1.96. The molecular weight excluding hydrogens is 356 g/mol. The number of benzene rings is 1. The largest absolute Gasteiger partial charge is 0.347 e. The molecule has 0 aliphatic heterocycles. The summed E-state index contributed by atoms with van der Waals surface area (Å²) in [7, 11) is 0. The Labute approximate surface area is 134 Å². The van der Waals surface area contributed by atoms with E-state index < -0.39 is 0 Å². The molecule has 21 heavy (non-hydrogen) atoms. The van der Waals surface area contributed by atoms with Crippen LogP contribution in [0.15, 0.2) is 47.5 Å². The van der Waals surface area contributed by atoms with Gasteiger partial charge in [0, 0.05) is 28.4 Å². The molecule has 1 aromatic carbocycles. The summed E-state index contributed by atoms with van der Waals surface area (Å²) in [5.41, 5.74) is 1.93. The number of aromatic nitrogens is 3. The number of hydrogen-bond donors (Lipinski definition) is 1. The maximum absolute atomic E-state index is 12.2. The van der Waals surface area contributed by atoms with Crippen LogP contribution in [-0.4, -0.2) is 20.3 Å². The summed E-state index contributed by atoms with van der Waals surface area (Å²) in [6.45, 7) is 0.343. The molecule has 5 nitrogen and oxygen atoms in total. The normalized spacial score (nSPS) is 10.8. The molecule has 3 rings (SSSR count). The van der Waals surface area contributed by atoms with Gasteiger partial charge in [-0.1, -0.05) is 27.5 Å². The molecule has 2 aromatic heterocycles. The van der Waals surface area contributed by atoms with Gasteiger partial charge in [0.15, 0.2) is 5.65 Å². The summed E-state index contributed by atoms with van der Waals surface area (Å²) < 4.78 is 2.60. The molecule has 1 N–H and O–H groups in total. The van der Waals surface area contributed by atoms with Crippen molar-refractivity contribution in [1.82, 2.24) is 19.7 Å². The van der Waals surface area contributed by atoms with Crippen molar-refractivity contribution >= 4 is 39.1 Å². The van der Waals surface area contributed by atoms with Crippen LogP contribution in [-0.2, 0) is 6.54 Å². The maximum atomic E-state index is 12.2. The van der Waals surface area contributed by atoms with E-state index in [2.05, 4.69) is 31.2 Å². The Bertz CT molecular complexity index is 818. The highest BCUT2D eigenvalue weighted by Crippen LogP contribution is 2.20. The lowest BCUT2D eigenvalue weighted by Crippen LogP contribution is -2.24. The molecule has 0 saturated heterocycles. The Balaban J connectivity index is 1.79. The molecule has 0 saturated carbocycles. The molecule has 2 heterocycles. The number of carbonyl (C=O) groups excluding carboxylic acids is 1. The smallest absolute Gasteiger partial charge is 0.270 e. The van der Waals surface area contributed by atoms with Crippen LogP contribution in [0.3, 0.4) is 0 Å². The summed E-state index contributed by atoms with van der Waals surface area (Å²) in [4.78, 5) is 20.3. The van der Waals surface area contributed by atoms with E-state index in [0.717, 1.165) is 10.0 Å². The summed E-state index contributed by atoms with van der Waals surface area (Å²) in [6, 6.07) is 5.51. The first-order valence-corrected chi connectivity index (χ1v) is 7.31. The molecule has 0 atom stereocenters. The SMILES string of the molecule is O=C(NCc1cc(Br)ccc1Cl)c1cnc2cnccn12. The fourth-order valence-corrected chi connectivity index (χ4v) is 2.55. The monoisotopic (exact) mass is 364 g/mol. The van der Waals surface area contributed by atoms with Gasteiger partial charge in [-0.15, -0.1) is 0 Å². The molecule has 0 radical (unpaired) electrons. The van der Waals surface area contributed by atoms with Gasteiger partial charge in [-0.3, -0.25) is 14.2 Å². The Morgan fingerprint density at radius 1 is 1.38 bits per heavy atom. The third-order valence-electron chi connectivity index (χ3n) is 3.00. The van der Waals surface area contributed by atoms with Crippen molar-refractivity contribution in [2.24, 2.45) is 0 Å². The third-order valence-corrected chi connectivity index (χ3v) is 3.86. The van der Waals surface area contributed by atoms with E-state index >= 15 is 0 Å². The number of hydrogen-bond acceptors (Lipinski definition) is 3. The molecule has 7 heteroatoms. The lowest BCUT2D eigenvalue weighted by Gasteiger charge is -2.07. The first kappa shape index (κ1) is 14.0. The van der Waals surface area contributed by atoms with Gasteiger partial charge in [0.25, 0.3) is 5.91 Å². The van der Waals surface area contributed by atoms with E-state index in [4.69, 9.17) is 11.6 Å². The minimum absolute atomic E-state index is 0.218. The van der Waals surface area contributed by atoms with Gasteiger partial charge in [0.05, 0.1) is 12.4 Å². The lowest BCUT2D eigenvalue weighted by atomic mass is 10.2. The van der Waals surface area contributed by atoms with Crippen LogP contribution in [0.5, 0.6) is 0 Å². The van der Waals surface area contributed by atoms with Crippen molar-refractivity contribution in [1.29, 1.82) is 0 Å². The predicted molar refractivity (Wildman–Crippen MR) is 83.3 cm³/mol. The van der Waals surface area contributed by atoms with Gasteiger partial charge in [-0.05, 0) is 23.8 Å². The highest BCUT2D eigenvalue weighted by Gasteiger charge is 2.12. The maximum Gasteiger partial charge on any atom is 0.270 e. The summed E-state index contributed by atoms with van der Waals surface area (Å²) in [6.07, 6.45) is 6.43. The molecule has 0 aliphatic rings. The number of amides is 1. The van der Waals surface area contributed by atoms with Crippen LogP contribution in [0.4, 0.5) is 0 Å². The number of nitrogens with zero attached hydrogens (tertiary/aromatic N) is 3. The van der Waals surface area contributed by atoms with Gasteiger partial charge in [-0.25, -0.2) is 4.98 Å². The van der Waals surface area contributed by atoms with Crippen LogP contribution in [0.1, 0.15) is 16.1 Å². The Hall–Kier alpha value is -1.92. The van der Waals surface area contributed by atoms with Crippen LogP contribution in [0.25, 0.3) is 5.65 Å². The van der Waals surface area contributed by atoms with Crippen LogP contribution < -0.4 is 5.32 Å². The van der Waals surface area contributed by atoms with E-state index in [9.17, 15) is 4.79 Å². The standard InChI is InChI=1S/C14H10BrClN4O/c15-10-1-2-11(16)9(5-10)6-19-14(21)12-7-18-13-8-17-3-4-20(12)13/h1-5,7-8H,6H2,(H,19,21). The number of carbonyl (C=O) groups is 1. The summed E-state index contributed by atoms with van der Waals surface area (Å²) in [5, 5.41) is 3.45. The van der Waals surface area contributed by atoms with Gasteiger partial charge in [-0.2, -0.15) is 0 Å². The molecule has 0 aliphatic carbocycles. The van der Waals surface area contributed by atoms with E-state index in [1.54, 1.807) is 29.1 Å². The second-order valence-corrected chi connectivity index (χ2v) is 5.69. The Morgan fingerprint density at radius 2 is 2.24 bits per heavy atom. The minimum atomic E-state index is -0.218. The number of rotatable bonds is 3. The minimum Gasteiger partial charge on any atom is -0.347 e. The van der Waals surface area contributed by atoms with Crippen molar-refractivity contribution in [3.63, 3.8) is 0 Å². The van der Waals surface area contributed by atoms with Crippen molar-refractivity contribution in [2.75, 3.05) is 0 Å². The van der Waals surface area contributed by atoms with Crippen LogP contribution in [0.2, 0.25) is 5.02 Å². The van der Waals surface area contributed by atoms with Crippen LogP contribution >= 0.6 is 27.5 Å². The second-order valence-electron chi connectivity index (χ2n) is 4.37. The van der Waals surface area contributed by atoms with E-state index in [1.165, 1.54) is 6.20 Å². The molecule has 0 unspecified atom stereocenters. The number of nitrogens with one attached hydrogen (secondary N) is 1. The zero-order valence-corrected chi connectivity index (χ0v) is 13.1. The molecule has 0 bridgehead atoms. The summed E-state index contributed by atoms with van der Waals surface area (Å²) >= 11 is 9.48. The zero-order valence-electron chi connectivity index (χ0n) is 10.8. The summed E-state index contributed by atoms with van der Waals surface area (Å²) in [5.74, 6) is -0.218. The van der Waals surface area contributed by atoms with E-state index in [0.29, 0.717) is 22.9 Å². The first-order chi connectivity index (χ1) is 10.1. The van der Waals surface area contributed by atoms with Gasteiger partial charge in [0.1, 0.15) is 5.69 Å². The second kappa shape index (κ2) is 5.83. The van der Waals surface area contributed by atoms with Crippen molar-refractivity contribution < 1.29 is 4.79 Å². The Morgan fingerprint density at radius 3 is 3.10 bits per heavy atom. The van der Waals surface area contributed by atoms with Gasteiger partial charge in [0.2, 0.25) is 0 Å². The van der Waals surface area contributed by atoms with Crippen molar-refractivity contribution in [2.45, 2.75) is 6.54 Å². The molecule has 3 aromatic rings. The highest BCUT2D eigenvalue weighted by atomic mass is 79.9. The average molecular weight is 366 g/mol. The molecule has 0 fully saturated rings. The number of fused-ring (bicyclic) bond motifs is 1. The van der Waals surface area contributed by atoms with Gasteiger partial charge < -0.3 is 5.32 Å². The molecular formula is C14H10BrClN4O. The average Bonchev–Trinajstić information content (AvgIpc) is 2.92. The third kappa shape index (κ3) is 2.91. The fraction of sp³-hybridized carbons (Fsp3) is 0.0714. The Kier molecular flexibility index (Phi) is 3.90. The molecule has 1 amide bonds. The van der Waals surface area contributed by atoms with Crippen LogP contribution in [0, 0.1) is 0 Å². The topological polar surface area (TPSA) is 59.3 Å². The van der Waals surface area contributed by atoms with E-state index in [-0.39, 0.29) is 5.91 Å². The lowest BCUT2D eigenvalue weighted by molar-refractivity contribution is 0.0945. The molecule has 0 spiro atoms. The van der Waals surface area contributed by atoms with Crippen molar-refractivity contribution in [3.8, 4) is 0 Å². The number of halogens is 2. The zero-order chi connectivity index (χ0) is 14.8.